The summed E-state index contributed by atoms with van der Waals surface area (Å²) in [4.78, 5) is 8.04. The van der Waals surface area contributed by atoms with Crippen LogP contribution in [0.2, 0.25) is 0 Å². The number of nitrogens with zero attached hydrogens (tertiary/aromatic N) is 2. The molecule has 3 aromatic rings. The van der Waals surface area contributed by atoms with Crippen molar-refractivity contribution in [2.45, 2.75) is 57.7 Å². The van der Waals surface area contributed by atoms with Gasteiger partial charge in [0.2, 0.25) is 5.95 Å². The van der Waals surface area contributed by atoms with Gasteiger partial charge in [0.05, 0.1) is 6.10 Å². The van der Waals surface area contributed by atoms with Crippen LogP contribution < -0.4 is 15.4 Å². The van der Waals surface area contributed by atoms with E-state index in [0.717, 1.165) is 30.4 Å². The van der Waals surface area contributed by atoms with E-state index >= 15 is 0 Å². The van der Waals surface area contributed by atoms with E-state index in [1.54, 1.807) is 24.3 Å². The molecule has 0 bridgehead atoms. The topological polar surface area (TPSA) is 59.1 Å². The molecule has 0 spiro atoms. The second-order valence-electron chi connectivity index (χ2n) is 8.49. The zero-order valence-electron chi connectivity index (χ0n) is 18.6. The highest BCUT2D eigenvalue weighted by atomic mass is 19.4. The van der Waals surface area contributed by atoms with E-state index in [4.69, 9.17) is 4.74 Å². The van der Waals surface area contributed by atoms with E-state index in [9.17, 15) is 13.2 Å². The van der Waals surface area contributed by atoms with E-state index in [2.05, 4.69) is 20.6 Å². The molecule has 5 nitrogen and oxygen atoms in total. The summed E-state index contributed by atoms with van der Waals surface area (Å²) in [5, 5.41) is 5.86. The molecule has 1 aliphatic rings. The van der Waals surface area contributed by atoms with Gasteiger partial charge in [0, 0.05) is 17.6 Å². The molecule has 0 aliphatic heterocycles. The van der Waals surface area contributed by atoms with Crippen molar-refractivity contribution in [3.8, 4) is 5.75 Å². The van der Waals surface area contributed by atoms with Crippen molar-refractivity contribution < 1.29 is 17.9 Å². The van der Waals surface area contributed by atoms with E-state index in [-0.39, 0.29) is 23.8 Å². The number of benzene rings is 2. The summed E-state index contributed by atoms with van der Waals surface area (Å²) >= 11 is 0. The molecule has 1 heterocycles. The van der Waals surface area contributed by atoms with Crippen molar-refractivity contribution in [3.05, 3.63) is 65.9 Å². The quantitative estimate of drug-likeness (QED) is 0.387. The van der Waals surface area contributed by atoms with Gasteiger partial charge in [-0.15, -0.1) is 0 Å². The summed E-state index contributed by atoms with van der Waals surface area (Å²) in [5.74, 6) is 0.673. The zero-order valence-corrected chi connectivity index (χ0v) is 18.6. The molecule has 0 unspecified atom stereocenters. The number of halogens is 3. The first-order valence-electron chi connectivity index (χ1n) is 11.1. The highest BCUT2D eigenvalue weighted by Crippen LogP contribution is 2.36. The fourth-order valence-corrected chi connectivity index (χ4v) is 3.93. The predicted octanol–water partition coefficient (Wildman–Crippen LogP) is 7.43. The number of ether oxygens (including phenoxy) is 1. The standard InChI is InChI=1S/C25H27F3N4O/c1-16(2)20-9-5-6-10-22(20)31-23-21(25(26,27)28)15-29-24(32-23)30-17-11-13-19(14-12-17)33-18-7-3-4-8-18/h5-6,9-16,18H,3-4,7-8H2,1-2H3,(H2,29,30,31,32). The molecule has 33 heavy (non-hydrogen) atoms. The first-order valence-corrected chi connectivity index (χ1v) is 11.1. The molecule has 4 rings (SSSR count). The number of para-hydroxylation sites is 1. The maximum atomic E-state index is 13.6. The van der Waals surface area contributed by atoms with Gasteiger partial charge in [-0.25, -0.2) is 4.98 Å². The Bertz CT molecular complexity index is 1080. The minimum Gasteiger partial charge on any atom is -0.490 e. The Morgan fingerprint density at radius 2 is 1.67 bits per heavy atom. The average molecular weight is 457 g/mol. The van der Waals surface area contributed by atoms with Gasteiger partial charge in [-0.1, -0.05) is 32.0 Å². The summed E-state index contributed by atoms with van der Waals surface area (Å²) in [6.45, 7) is 3.97. The maximum Gasteiger partial charge on any atom is 0.421 e. The van der Waals surface area contributed by atoms with Gasteiger partial charge in [0.15, 0.2) is 0 Å². The summed E-state index contributed by atoms with van der Waals surface area (Å²) in [7, 11) is 0. The van der Waals surface area contributed by atoms with Crippen LogP contribution in [0.5, 0.6) is 5.75 Å². The molecule has 0 atom stereocenters. The predicted molar refractivity (Wildman–Crippen MR) is 123 cm³/mol. The van der Waals surface area contributed by atoms with Gasteiger partial charge < -0.3 is 15.4 Å². The molecule has 0 amide bonds. The molecule has 2 aromatic carbocycles. The van der Waals surface area contributed by atoms with Crippen molar-refractivity contribution >= 4 is 23.1 Å². The third-order valence-electron chi connectivity index (χ3n) is 5.65. The summed E-state index contributed by atoms with van der Waals surface area (Å²) in [6.07, 6.45) is 0.968. The molecule has 0 saturated heterocycles. The van der Waals surface area contributed by atoms with Gasteiger partial charge in [0.1, 0.15) is 17.1 Å². The summed E-state index contributed by atoms with van der Waals surface area (Å²) in [6, 6.07) is 14.5. The third kappa shape index (κ3) is 5.74. The molecule has 8 heteroatoms. The normalized spacial score (nSPS) is 14.5. The Morgan fingerprint density at radius 1 is 0.970 bits per heavy atom. The molecule has 1 aromatic heterocycles. The Hall–Kier alpha value is -3.29. The van der Waals surface area contributed by atoms with Crippen LogP contribution in [-0.2, 0) is 6.18 Å². The number of aromatic nitrogens is 2. The molecule has 0 radical (unpaired) electrons. The van der Waals surface area contributed by atoms with Crippen LogP contribution in [0.25, 0.3) is 0 Å². The van der Waals surface area contributed by atoms with Gasteiger partial charge in [-0.2, -0.15) is 18.2 Å². The number of nitrogens with one attached hydrogen (secondary N) is 2. The smallest absolute Gasteiger partial charge is 0.421 e. The monoisotopic (exact) mass is 456 g/mol. The molecule has 2 N–H and O–H groups in total. The lowest BCUT2D eigenvalue weighted by Gasteiger charge is -2.18. The van der Waals surface area contributed by atoms with Crippen LogP contribution in [0, 0.1) is 0 Å². The van der Waals surface area contributed by atoms with Gasteiger partial charge >= 0.3 is 6.18 Å². The lowest BCUT2D eigenvalue weighted by molar-refractivity contribution is -0.137. The van der Waals surface area contributed by atoms with Crippen LogP contribution in [0.4, 0.5) is 36.3 Å². The lowest BCUT2D eigenvalue weighted by Crippen LogP contribution is -2.13. The number of rotatable bonds is 7. The number of alkyl halides is 3. The van der Waals surface area contributed by atoms with Crippen molar-refractivity contribution in [1.29, 1.82) is 0 Å². The molecule has 174 valence electrons. The Labute approximate surface area is 191 Å². The fraction of sp³-hybridized carbons (Fsp3) is 0.360. The zero-order chi connectivity index (χ0) is 23.4. The molecule has 1 fully saturated rings. The van der Waals surface area contributed by atoms with Gasteiger partial charge in [-0.05, 0) is 67.5 Å². The lowest BCUT2D eigenvalue weighted by atomic mass is 10.0. The average Bonchev–Trinajstić information content (AvgIpc) is 3.28. The Balaban J connectivity index is 1.56. The Kier molecular flexibility index (Phi) is 6.72. The highest BCUT2D eigenvalue weighted by molar-refractivity contribution is 5.66. The molecular weight excluding hydrogens is 429 g/mol. The first kappa shape index (κ1) is 22.9. The van der Waals surface area contributed by atoms with Crippen molar-refractivity contribution in [2.75, 3.05) is 10.6 Å². The summed E-state index contributed by atoms with van der Waals surface area (Å²) in [5.41, 5.74) is 1.21. The molecule has 1 aliphatic carbocycles. The van der Waals surface area contributed by atoms with Crippen molar-refractivity contribution in [1.82, 2.24) is 9.97 Å². The SMILES string of the molecule is CC(C)c1ccccc1Nc1nc(Nc2ccc(OC3CCCC3)cc2)ncc1C(F)(F)F. The van der Waals surface area contributed by atoms with Crippen molar-refractivity contribution in [2.24, 2.45) is 0 Å². The second-order valence-corrected chi connectivity index (χ2v) is 8.49. The van der Waals surface area contributed by atoms with Crippen LogP contribution in [0.1, 0.15) is 56.6 Å². The fourth-order valence-electron chi connectivity index (χ4n) is 3.93. The highest BCUT2D eigenvalue weighted by Gasteiger charge is 2.35. The molecule has 1 saturated carbocycles. The van der Waals surface area contributed by atoms with Gasteiger partial charge in [-0.3, -0.25) is 0 Å². The van der Waals surface area contributed by atoms with Crippen LogP contribution in [-0.4, -0.2) is 16.1 Å². The number of hydrogen-bond donors (Lipinski definition) is 2. The maximum absolute atomic E-state index is 13.6. The molecular formula is C25H27F3N4O. The van der Waals surface area contributed by atoms with Gasteiger partial charge in [0.25, 0.3) is 0 Å². The largest absolute Gasteiger partial charge is 0.490 e. The Morgan fingerprint density at radius 3 is 2.33 bits per heavy atom. The van der Waals surface area contributed by atoms with Crippen molar-refractivity contribution in [3.63, 3.8) is 0 Å². The van der Waals surface area contributed by atoms with Crippen LogP contribution in [0.3, 0.4) is 0 Å². The summed E-state index contributed by atoms with van der Waals surface area (Å²) < 4.78 is 46.8. The third-order valence-corrected chi connectivity index (χ3v) is 5.65. The first-order chi connectivity index (χ1) is 15.8. The van der Waals surface area contributed by atoms with E-state index in [1.165, 1.54) is 12.8 Å². The number of hydrogen-bond acceptors (Lipinski definition) is 5. The van der Waals surface area contributed by atoms with E-state index in [1.807, 2.05) is 38.1 Å². The number of anilines is 4. The van der Waals surface area contributed by atoms with E-state index in [0.29, 0.717) is 11.4 Å². The van der Waals surface area contributed by atoms with E-state index < -0.39 is 11.7 Å². The van der Waals surface area contributed by atoms with Crippen LogP contribution >= 0.6 is 0 Å². The minimum absolute atomic E-state index is 0.0667. The minimum atomic E-state index is -4.59. The second kappa shape index (κ2) is 9.68. The van der Waals surface area contributed by atoms with Crippen LogP contribution in [0.15, 0.2) is 54.7 Å².